The first-order valence-corrected chi connectivity index (χ1v) is 9.30. The Morgan fingerprint density at radius 2 is 1.92 bits per heavy atom. The fourth-order valence-corrected chi connectivity index (χ4v) is 3.55. The second-order valence-electron chi connectivity index (χ2n) is 6.07. The van der Waals surface area contributed by atoms with Crippen LogP contribution in [0.2, 0.25) is 0 Å². The van der Waals surface area contributed by atoms with Gasteiger partial charge in [0.15, 0.2) is 0 Å². The normalized spacial score (nSPS) is 12.0. The summed E-state index contributed by atoms with van der Waals surface area (Å²) in [7, 11) is 0. The van der Waals surface area contributed by atoms with Crippen LogP contribution in [0.15, 0.2) is 71.7 Å². The third kappa shape index (κ3) is 3.21. The van der Waals surface area contributed by atoms with Gasteiger partial charge in [-0.3, -0.25) is 9.78 Å². The second-order valence-corrected chi connectivity index (χ2v) is 6.85. The van der Waals surface area contributed by atoms with Crippen molar-refractivity contribution in [3.8, 4) is 11.1 Å². The molecule has 0 saturated heterocycles. The number of rotatable bonds is 4. The van der Waals surface area contributed by atoms with E-state index in [0.717, 1.165) is 27.6 Å². The number of pyridine rings is 2. The standard InChI is InChI=1S/C21H17N3OS/c1-14(15-5-3-2-4-6-15)23-21(25)19-8-7-16-11-22-12-18(20(16)24-19)17-9-10-26-13-17/h2-14H,1H3,(H,23,25)/t14-/m1/s1. The summed E-state index contributed by atoms with van der Waals surface area (Å²) >= 11 is 1.62. The van der Waals surface area contributed by atoms with Crippen molar-refractivity contribution in [3.63, 3.8) is 0 Å². The maximum Gasteiger partial charge on any atom is 0.270 e. The quantitative estimate of drug-likeness (QED) is 0.567. The zero-order chi connectivity index (χ0) is 17.9. The van der Waals surface area contributed by atoms with Gasteiger partial charge in [0.2, 0.25) is 0 Å². The van der Waals surface area contributed by atoms with E-state index in [4.69, 9.17) is 0 Å². The van der Waals surface area contributed by atoms with E-state index in [-0.39, 0.29) is 11.9 Å². The molecule has 5 heteroatoms. The van der Waals surface area contributed by atoms with Crippen LogP contribution >= 0.6 is 11.3 Å². The Hall–Kier alpha value is -3.05. The van der Waals surface area contributed by atoms with Gasteiger partial charge in [0, 0.05) is 23.3 Å². The van der Waals surface area contributed by atoms with Crippen molar-refractivity contribution in [2.24, 2.45) is 0 Å². The van der Waals surface area contributed by atoms with Crippen molar-refractivity contribution in [1.29, 1.82) is 0 Å². The molecule has 1 atom stereocenters. The highest BCUT2D eigenvalue weighted by atomic mass is 32.1. The topological polar surface area (TPSA) is 54.9 Å². The van der Waals surface area contributed by atoms with Gasteiger partial charge in [0.05, 0.1) is 11.6 Å². The highest BCUT2D eigenvalue weighted by Crippen LogP contribution is 2.28. The third-order valence-electron chi connectivity index (χ3n) is 4.31. The molecule has 1 amide bonds. The summed E-state index contributed by atoms with van der Waals surface area (Å²) in [6.45, 7) is 1.97. The molecule has 0 saturated carbocycles. The van der Waals surface area contributed by atoms with Crippen LogP contribution in [0, 0.1) is 0 Å². The van der Waals surface area contributed by atoms with E-state index in [2.05, 4.69) is 20.7 Å². The van der Waals surface area contributed by atoms with E-state index in [1.807, 2.05) is 54.8 Å². The average molecular weight is 359 g/mol. The summed E-state index contributed by atoms with van der Waals surface area (Å²) in [6, 6.07) is 15.5. The molecule has 0 unspecified atom stereocenters. The Morgan fingerprint density at radius 1 is 1.08 bits per heavy atom. The highest BCUT2D eigenvalue weighted by Gasteiger charge is 2.14. The zero-order valence-electron chi connectivity index (χ0n) is 14.2. The van der Waals surface area contributed by atoms with Crippen LogP contribution in [0.25, 0.3) is 22.0 Å². The molecule has 0 aliphatic rings. The van der Waals surface area contributed by atoms with Gasteiger partial charge in [-0.25, -0.2) is 4.98 Å². The van der Waals surface area contributed by atoms with Crippen molar-refractivity contribution in [3.05, 3.63) is 82.9 Å². The zero-order valence-corrected chi connectivity index (χ0v) is 15.0. The molecule has 26 heavy (non-hydrogen) atoms. The summed E-state index contributed by atoms with van der Waals surface area (Å²) in [5.74, 6) is -0.184. The Morgan fingerprint density at radius 3 is 2.69 bits per heavy atom. The van der Waals surface area contributed by atoms with Crippen LogP contribution in [0.3, 0.4) is 0 Å². The largest absolute Gasteiger partial charge is 0.344 e. The van der Waals surface area contributed by atoms with E-state index < -0.39 is 0 Å². The fraction of sp³-hybridized carbons (Fsp3) is 0.0952. The van der Waals surface area contributed by atoms with Gasteiger partial charge in [-0.15, -0.1) is 0 Å². The molecule has 0 aliphatic heterocycles. The summed E-state index contributed by atoms with van der Waals surface area (Å²) < 4.78 is 0. The number of thiophene rings is 1. The van der Waals surface area contributed by atoms with E-state index in [9.17, 15) is 4.79 Å². The van der Waals surface area contributed by atoms with E-state index in [1.165, 1.54) is 0 Å². The Labute approximate surface area is 155 Å². The van der Waals surface area contributed by atoms with E-state index >= 15 is 0 Å². The summed E-state index contributed by atoms with van der Waals surface area (Å²) in [5, 5.41) is 8.01. The first kappa shape index (κ1) is 16.4. The minimum absolute atomic E-state index is 0.0880. The lowest BCUT2D eigenvalue weighted by Crippen LogP contribution is -2.27. The predicted octanol–water partition coefficient (Wildman–Crippen LogP) is 4.85. The molecule has 0 bridgehead atoms. The number of nitrogens with zero attached hydrogens (tertiary/aromatic N) is 2. The molecule has 0 radical (unpaired) electrons. The number of carbonyl (C=O) groups excluding carboxylic acids is 1. The van der Waals surface area contributed by atoms with Gasteiger partial charge in [-0.2, -0.15) is 11.3 Å². The predicted molar refractivity (Wildman–Crippen MR) is 105 cm³/mol. The van der Waals surface area contributed by atoms with Gasteiger partial charge in [0.1, 0.15) is 5.69 Å². The minimum Gasteiger partial charge on any atom is -0.344 e. The first-order valence-electron chi connectivity index (χ1n) is 8.35. The van der Waals surface area contributed by atoms with Crippen LogP contribution in [0.5, 0.6) is 0 Å². The molecule has 0 spiro atoms. The maximum absolute atomic E-state index is 12.7. The molecule has 3 aromatic heterocycles. The number of carbonyl (C=O) groups is 1. The molecule has 1 aromatic carbocycles. The average Bonchev–Trinajstić information content (AvgIpc) is 3.22. The third-order valence-corrected chi connectivity index (χ3v) is 4.99. The molecule has 1 N–H and O–H groups in total. The molecule has 3 heterocycles. The number of amides is 1. The highest BCUT2D eigenvalue weighted by molar-refractivity contribution is 7.08. The molecule has 128 valence electrons. The van der Waals surface area contributed by atoms with Crippen LogP contribution in [0.1, 0.15) is 29.0 Å². The van der Waals surface area contributed by atoms with Crippen LogP contribution in [-0.4, -0.2) is 15.9 Å². The lowest BCUT2D eigenvalue weighted by atomic mass is 10.1. The van der Waals surface area contributed by atoms with Crippen LogP contribution in [-0.2, 0) is 0 Å². The maximum atomic E-state index is 12.7. The minimum atomic E-state index is -0.184. The Kier molecular flexibility index (Phi) is 4.46. The van der Waals surface area contributed by atoms with Crippen molar-refractivity contribution < 1.29 is 4.79 Å². The molecule has 0 aliphatic carbocycles. The summed E-state index contributed by atoms with van der Waals surface area (Å²) in [4.78, 5) is 21.6. The van der Waals surface area contributed by atoms with Gasteiger partial charge in [0.25, 0.3) is 5.91 Å². The number of aromatic nitrogens is 2. The molecule has 4 rings (SSSR count). The monoisotopic (exact) mass is 359 g/mol. The van der Waals surface area contributed by atoms with Crippen LogP contribution in [0.4, 0.5) is 0 Å². The van der Waals surface area contributed by atoms with Crippen molar-refractivity contribution in [2.45, 2.75) is 13.0 Å². The van der Waals surface area contributed by atoms with E-state index in [1.54, 1.807) is 29.8 Å². The van der Waals surface area contributed by atoms with Gasteiger partial charge < -0.3 is 5.32 Å². The van der Waals surface area contributed by atoms with Gasteiger partial charge >= 0.3 is 0 Å². The second kappa shape index (κ2) is 7.06. The molecule has 4 nitrogen and oxygen atoms in total. The number of hydrogen-bond acceptors (Lipinski definition) is 4. The SMILES string of the molecule is C[C@@H](NC(=O)c1ccc2cncc(-c3ccsc3)c2n1)c1ccccc1. The number of hydrogen-bond donors (Lipinski definition) is 1. The number of benzene rings is 1. The number of nitrogens with one attached hydrogen (secondary N) is 1. The van der Waals surface area contributed by atoms with Crippen molar-refractivity contribution in [1.82, 2.24) is 15.3 Å². The molecular weight excluding hydrogens is 342 g/mol. The Balaban J connectivity index is 1.66. The summed E-state index contributed by atoms with van der Waals surface area (Å²) in [6.07, 6.45) is 3.57. The lowest BCUT2D eigenvalue weighted by molar-refractivity contribution is 0.0935. The molecule has 0 fully saturated rings. The fourth-order valence-electron chi connectivity index (χ4n) is 2.89. The summed E-state index contributed by atoms with van der Waals surface area (Å²) in [5.41, 5.74) is 4.26. The van der Waals surface area contributed by atoms with Gasteiger partial charge in [-0.1, -0.05) is 30.3 Å². The van der Waals surface area contributed by atoms with Crippen molar-refractivity contribution >= 4 is 28.1 Å². The lowest BCUT2D eigenvalue weighted by Gasteiger charge is -2.14. The first-order chi connectivity index (χ1) is 12.7. The smallest absolute Gasteiger partial charge is 0.270 e. The van der Waals surface area contributed by atoms with Crippen molar-refractivity contribution in [2.75, 3.05) is 0 Å². The molecule has 4 aromatic rings. The van der Waals surface area contributed by atoms with Gasteiger partial charge in [-0.05, 0) is 47.0 Å². The van der Waals surface area contributed by atoms with E-state index in [0.29, 0.717) is 5.69 Å². The number of fused-ring (bicyclic) bond motifs is 1. The Bertz CT molecular complexity index is 1050. The molecular formula is C21H17N3OS. The van der Waals surface area contributed by atoms with Crippen LogP contribution < -0.4 is 5.32 Å².